The summed E-state index contributed by atoms with van der Waals surface area (Å²) in [6, 6.07) is 6.87. The lowest BCUT2D eigenvalue weighted by Crippen LogP contribution is -2.43. The van der Waals surface area contributed by atoms with E-state index in [-0.39, 0.29) is 36.0 Å². The zero-order valence-corrected chi connectivity index (χ0v) is 17.6. The molecule has 0 aromatic heterocycles. The van der Waals surface area contributed by atoms with Crippen LogP contribution in [0.2, 0.25) is 5.02 Å². The van der Waals surface area contributed by atoms with Crippen molar-refractivity contribution in [2.45, 2.75) is 31.9 Å². The second-order valence-corrected chi connectivity index (χ2v) is 9.34. The van der Waals surface area contributed by atoms with Gasteiger partial charge in [0.25, 0.3) is 0 Å². The Kier molecular flexibility index (Phi) is 8.37. The van der Waals surface area contributed by atoms with Gasteiger partial charge in [-0.25, -0.2) is 8.42 Å². The van der Waals surface area contributed by atoms with Gasteiger partial charge in [-0.2, -0.15) is 0 Å². The van der Waals surface area contributed by atoms with E-state index < -0.39 is 9.84 Å². The molecule has 0 aliphatic carbocycles. The molecule has 156 valence electrons. The second kappa shape index (κ2) is 10.5. The number of hydrogen-bond donors (Lipinski definition) is 3. The van der Waals surface area contributed by atoms with Crippen LogP contribution in [-0.4, -0.2) is 64.1 Å². The number of benzene rings is 1. The van der Waals surface area contributed by atoms with E-state index in [2.05, 4.69) is 20.9 Å². The summed E-state index contributed by atoms with van der Waals surface area (Å²) in [7, 11) is -1.35. The van der Waals surface area contributed by atoms with E-state index in [4.69, 9.17) is 16.3 Å². The van der Waals surface area contributed by atoms with Gasteiger partial charge in [0.05, 0.1) is 18.1 Å². The topological polar surface area (TPSA) is 109 Å². The average Bonchev–Trinajstić information content (AvgIpc) is 2.98. The molecule has 3 N–H and O–H groups in total. The highest BCUT2D eigenvalue weighted by molar-refractivity contribution is 7.91. The number of hydrogen-bond acceptors (Lipinski definition) is 5. The molecule has 1 amide bonds. The van der Waals surface area contributed by atoms with Crippen molar-refractivity contribution in [1.82, 2.24) is 16.0 Å². The van der Waals surface area contributed by atoms with Crippen LogP contribution in [0.25, 0.3) is 0 Å². The van der Waals surface area contributed by atoms with Crippen LogP contribution in [0, 0.1) is 0 Å². The van der Waals surface area contributed by atoms with Gasteiger partial charge in [0.2, 0.25) is 5.91 Å². The molecule has 0 spiro atoms. The fraction of sp³-hybridized carbons (Fsp3) is 0.556. The molecule has 1 aromatic carbocycles. The van der Waals surface area contributed by atoms with Gasteiger partial charge in [0.1, 0.15) is 11.9 Å². The Morgan fingerprint density at radius 1 is 1.32 bits per heavy atom. The lowest BCUT2D eigenvalue weighted by Gasteiger charge is -2.18. The number of carbonyl (C=O) groups is 1. The van der Waals surface area contributed by atoms with Crippen molar-refractivity contribution in [3.63, 3.8) is 0 Å². The Morgan fingerprint density at radius 3 is 2.64 bits per heavy atom. The number of nitrogens with one attached hydrogen (secondary N) is 3. The molecule has 2 rings (SSSR count). The number of sulfone groups is 1. The third kappa shape index (κ3) is 7.93. The number of ether oxygens (including phenoxy) is 1. The molecule has 1 fully saturated rings. The van der Waals surface area contributed by atoms with Crippen LogP contribution in [-0.2, 0) is 14.6 Å². The third-order valence-corrected chi connectivity index (χ3v) is 6.19. The van der Waals surface area contributed by atoms with Gasteiger partial charge in [-0.05, 0) is 37.6 Å². The summed E-state index contributed by atoms with van der Waals surface area (Å²) < 4.78 is 28.6. The maximum atomic E-state index is 11.9. The van der Waals surface area contributed by atoms with E-state index in [0.29, 0.717) is 30.5 Å². The van der Waals surface area contributed by atoms with Gasteiger partial charge in [-0.3, -0.25) is 9.79 Å². The molecule has 1 aliphatic heterocycles. The zero-order valence-electron chi connectivity index (χ0n) is 16.1. The summed E-state index contributed by atoms with van der Waals surface area (Å²) in [5, 5.41) is 9.60. The first-order valence-electron chi connectivity index (χ1n) is 9.14. The smallest absolute Gasteiger partial charge is 0.222 e. The molecular weight excluding hydrogens is 404 g/mol. The van der Waals surface area contributed by atoms with Crippen molar-refractivity contribution in [3.8, 4) is 5.75 Å². The van der Waals surface area contributed by atoms with Gasteiger partial charge < -0.3 is 20.7 Å². The molecule has 1 heterocycles. The molecular formula is C18H27ClN4O4S. The monoisotopic (exact) mass is 430 g/mol. The molecule has 0 radical (unpaired) electrons. The molecule has 1 saturated heterocycles. The van der Waals surface area contributed by atoms with Crippen LogP contribution in [0.15, 0.2) is 29.3 Å². The molecule has 2 unspecified atom stereocenters. The maximum Gasteiger partial charge on any atom is 0.222 e. The number of rotatable bonds is 8. The molecule has 0 bridgehead atoms. The molecule has 1 aromatic rings. The van der Waals surface area contributed by atoms with Gasteiger partial charge in [0, 0.05) is 31.1 Å². The fourth-order valence-corrected chi connectivity index (χ4v) is 4.55. The Morgan fingerprint density at radius 2 is 2.04 bits per heavy atom. The van der Waals surface area contributed by atoms with Crippen LogP contribution in [0.4, 0.5) is 0 Å². The maximum absolute atomic E-state index is 11.9. The number of halogens is 1. The lowest BCUT2D eigenvalue weighted by molar-refractivity contribution is -0.121. The number of carbonyl (C=O) groups excluding carboxylic acids is 1. The first kappa shape index (κ1) is 22.3. The van der Waals surface area contributed by atoms with Crippen molar-refractivity contribution in [3.05, 3.63) is 29.3 Å². The molecule has 0 saturated carbocycles. The Hall–Kier alpha value is -2.00. The van der Waals surface area contributed by atoms with Crippen LogP contribution < -0.4 is 20.7 Å². The standard InChI is InChI=1S/C18H27ClN4O4S/c1-13(27-16-5-3-14(19)4-6-16)11-22-18(20-2)21-9-7-17(24)23-15-8-10-28(25,26)12-15/h3-6,13,15H,7-12H2,1-2H3,(H,23,24)(H2,20,21,22). The Bertz CT molecular complexity index is 783. The van der Waals surface area contributed by atoms with E-state index in [0.717, 1.165) is 5.75 Å². The minimum Gasteiger partial charge on any atom is -0.489 e. The summed E-state index contributed by atoms with van der Waals surface area (Å²) in [5.74, 6) is 1.28. The third-order valence-electron chi connectivity index (χ3n) is 4.17. The van der Waals surface area contributed by atoms with Crippen LogP contribution in [0.3, 0.4) is 0 Å². The second-order valence-electron chi connectivity index (χ2n) is 6.68. The Labute approximate surface area is 171 Å². The first-order chi connectivity index (χ1) is 13.3. The molecule has 1 aliphatic rings. The minimum absolute atomic E-state index is 0.0287. The van der Waals surface area contributed by atoms with E-state index in [1.807, 2.05) is 6.92 Å². The van der Waals surface area contributed by atoms with Gasteiger partial charge in [0.15, 0.2) is 15.8 Å². The summed E-state index contributed by atoms with van der Waals surface area (Å²) in [5.41, 5.74) is 0. The highest BCUT2D eigenvalue weighted by Crippen LogP contribution is 2.16. The van der Waals surface area contributed by atoms with E-state index in [1.54, 1.807) is 31.3 Å². The number of guanidine groups is 1. The van der Waals surface area contributed by atoms with Crippen molar-refractivity contribution >= 4 is 33.3 Å². The molecule has 2 atom stereocenters. The molecule has 10 heteroatoms. The minimum atomic E-state index is -3.00. The van der Waals surface area contributed by atoms with Gasteiger partial charge >= 0.3 is 0 Å². The summed E-state index contributed by atoms with van der Waals surface area (Å²) in [6.07, 6.45) is 0.608. The highest BCUT2D eigenvalue weighted by Gasteiger charge is 2.28. The van der Waals surface area contributed by atoms with Crippen molar-refractivity contribution in [1.29, 1.82) is 0 Å². The fourth-order valence-electron chi connectivity index (χ4n) is 2.75. The first-order valence-corrected chi connectivity index (χ1v) is 11.3. The molecule has 8 nitrogen and oxygen atoms in total. The normalized spacial score (nSPS) is 19.7. The number of amides is 1. The predicted molar refractivity (Wildman–Crippen MR) is 111 cm³/mol. The molecule has 28 heavy (non-hydrogen) atoms. The largest absolute Gasteiger partial charge is 0.489 e. The van der Waals surface area contributed by atoms with Crippen molar-refractivity contribution in [2.24, 2.45) is 4.99 Å². The quantitative estimate of drug-likeness (QED) is 0.419. The van der Waals surface area contributed by atoms with Crippen LogP contribution >= 0.6 is 11.6 Å². The van der Waals surface area contributed by atoms with E-state index >= 15 is 0 Å². The number of nitrogens with zero attached hydrogens (tertiary/aromatic N) is 1. The van der Waals surface area contributed by atoms with E-state index in [9.17, 15) is 13.2 Å². The summed E-state index contributed by atoms with van der Waals surface area (Å²) in [6.45, 7) is 2.84. The van der Waals surface area contributed by atoms with Crippen molar-refractivity contribution < 1.29 is 17.9 Å². The van der Waals surface area contributed by atoms with Crippen LogP contribution in [0.5, 0.6) is 5.75 Å². The zero-order chi connectivity index (χ0) is 20.6. The SMILES string of the molecule is CN=C(NCCC(=O)NC1CCS(=O)(=O)C1)NCC(C)Oc1ccc(Cl)cc1. The van der Waals surface area contributed by atoms with E-state index in [1.165, 1.54) is 0 Å². The van der Waals surface area contributed by atoms with Gasteiger partial charge in [-0.1, -0.05) is 11.6 Å². The lowest BCUT2D eigenvalue weighted by atomic mass is 10.2. The van der Waals surface area contributed by atoms with Crippen molar-refractivity contribution in [2.75, 3.05) is 31.6 Å². The predicted octanol–water partition coefficient (Wildman–Crippen LogP) is 0.966. The number of aliphatic imine (C=N–C) groups is 1. The highest BCUT2D eigenvalue weighted by atomic mass is 35.5. The van der Waals surface area contributed by atoms with Crippen LogP contribution in [0.1, 0.15) is 19.8 Å². The summed E-state index contributed by atoms with van der Waals surface area (Å²) >= 11 is 5.85. The average molecular weight is 431 g/mol. The van der Waals surface area contributed by atoms with Gasteiger partial charge in [-0.15, -0.1) is 0 Å². The summed E-state index contributed by atoms with van der Waals surface area (Å²) in [4.78, 5) is 16.0. The Balaban J connectivity index is 1.64.